The van der Waals surface area contributed by atoms with Crippen LogP contribution in [0.5, 0.6) is 0 Å². The molecule has 1 aromatic heterocycles. The molecule has 8 heteroatoms. The molecular formula is C20H19ClN4O3. The van der Waals surface area contributed by atoms with Crippen molar-refractivity contribution in [2.45, 2.75) is 26.1 Å². The second kappa shape index (κ2) is 9.14. The molecule has 0 bridgehead atoms. The Labute approximate surface area is 167 Å². The van der Waals surface area contributed by atoms with Crippen molar-refractivity contribution in [3.8, 4) is 0 Å². The van der Waals surface area contributed by atoms with Crippen LogP contribution in [-0.4, -0.2) is 32.7 Å². The number of aromatic nitrogens is 3. The van der Waals surface area contributed by atoms with Crippen molar-refractivity contribution in [1.29, 1.82) is 0 Å². The average molecular weight is 399 g/mol. The van der Waals surface area contributed by atoms with E-state index in [1.165, 1.54) is 13.3 Å². The Hall–Kier alpha value is -3.19. The first-order valence-electron chi connectivity index (χ1n) is 8.66. The number of carbonyl (C=O) groups is 2. The van der Waals surface area contributed by atoms with Crippen molar-refractivity contribution in [1.82, 2.24) is 20.1 Å². The summed E-state index contributed by atoms with van der Waals surface area (Å²) >= 11 is 6.06. The van der Waals surface area contributed by atoms with Crippen molar-refractivity contribution in [3.63, 3.8) is 0 Å². The van der Waals surface area contributed by atoms with Gasteiger partial charge in [0.05, 0.1) is 12.1 Å². The zero-order chi connectivity index (χ0) is 19.9. The second-order valence-electron chi connectivity index (χ2n) is 6.15. The molecule has 0 spiro atoms. The first-order chi connectivity index (χ1) is 13.5. The van der Waals surface area contributed by atoms with E-state index in [4.69, 9.17) is 16.3 Å². The molecule has 1 amide bonds. The topological polar surface area (TPSA) is 86.1 Å². The SMILES string of the molecule is CC(OC(=O)c1ccc(Cn2cncn2)cc1)C(=O)NCc1ccccc1Cl. The zero-order valence-corrected chi connectivity index (χ0v) is 16.0. The average Bonchev–Trinajstić information content (AvgIpc) is 3.20. The third-order valence-corrected chi connectivity index (χ3v) is 4.43. The van der Waals surface area contributed by atoms with Crippen LogP contribution >= 0.6 is 11.6 Å². The quantitative estimate of drug-likeness (QED) is 0.618. The van der Waals surface area contributed by atoms with Gasteiger partial charge < -0.3 is 10.1 Å². The molecule has 3 aromatic rings. The molecule has 0 aliphatic heterocycles. The van der Waals surface area contributed by atoms with Crippen molar-refractivity contribution < 1.29 is 14.3 Å². The van der Waals surface area contributed by atoms with E-state index in [9.17, 15) is 9.59 Å². The predicted molar refractivity (Wildman–Crippen MR) is 104 cm³/mol. The van der Waals surface area contributed by atoms with Gasteiger partial charge in [-0.3, -0.25) is 4.79 Å². The van der Waals surface area contributed by atoms with E-state index in [1.54, 1.807) is 41.3 Å². The maximum atomic E-state index is 12.3. The van der Waals surface area contributed by atoms with E-state index >= 15 is 0 Å². The lowest BCUT2D eigenvalue weighted by molar-refractivity contribution is -0.129. The summed E-state index contributed by atoms with van der Waals surface area (Å²) in [6, 6.07) is 14.1. The van der Waals surface area contributed by atoms with E-state index in [0.717, 1.165) is 11.1 Å². The van der Waals surface area contributed by atoms with Crippen LogP contribution in [0.4, 0.5) is 0 Å². The molecule has 0 radical (unpaired) electrons. The van der Waals surface area contributed by atoms with Gasteiger partial charge in [0.1, 0.15) is 12.7 Å². The van der Waals surface area contributed by atoms with Crippen LogP contribution in [0.25, 0.3) is 0 Å². The number of benzene rings is 2. The molecule has 28 heavy (non-hydrogen) atoms. The molecule has 1 heterocycles. The van der Waals surface area contributed by atoms with Gasteiger partial charge in [-0.25, -0.2) is 14.5 Å². The van der Waals surface area contributed by atoms with Crippen LogP contribution in [0, 0.1) is 0 Å². The number of nitrogens with one attached hydrogen (secondary N) is 1. The van der Waals surface area contributed by atoms with E-state index in [2.05, 4.69) is 15.4 Å². The van der Waals surface area contributed by atoms with Crippen LogP contribution < -0.4 is 5.32 Å². The number of hydrogen-bond acceptors (Lipinski definition) is 5. The third-order valence-electron chi connectivity index (χ3n) is 4.06. The minimum atomic E-state index is -0.926. The Bertz CT molecular complexity index is 942. The number of ether oxygens (including phenoxy) is 1. The van der Waals surface area contributed by atoms with Gasteiger partial charge in [0.15, 0.2) is 6.10 Å². The maximum Gasteiger partial charge on any atom is 0.338 e. The number of amides is 1. The van der Waals surface area contributed by atoms with Gasteiger partial charge in [-0.2, -0.15) is 5.10 Å². The van der Waals surface area contributed by atoms with Crippen LogP contribution in [0.1, 0.15) is 28.4 Å². The summed E-state index contributed by atoms with van der Waals surface area (Å²) < 4.78 is 6.93. The van der Waals surface area contributed by atoms with Crippen molar-refractivity contribution in [2.24, 2.45) is 0 Å². The Balaban J connectivity index is 1.51. The number of nitrogens with zero attached hydrogens (tertiary/aromatic N) is 3. The van der Waals surface area contributed by atoms with Gasteiger partial charge >= 0.3 is 5.97 Å². The molecule has 7 nitrogen and oxygen atoms in total. The number of halogens is 1. The standard InChI is InChI=1S/C20H19ClN4O3/c1-14(19(26)23-10-17-4-2-3-5-18(17)21)28-20(27)16-8-6-15(7-9-16)11-25-13-22-12-24-25/h2-9,12-14H,10-11H2,1H3,(H,23,26). The highest BCUT2D eigenvalue weighted by molar-refractivity contribution is 6.31. The minimum Gasteiger partial charge on any atom is -0.449 e. The largest absolute Gasteiger partial charge is 0.449 e. The summed E-state index contributed by atoms with van der Waals surface area (Å²) in [5, 5.41) is 7.32. The molecule has 3 rings (SSSR count). The number of esters is 1. The Morgan fingerprint density at radius 3 is 2.61 bits per heavy atom. The molecule has 0 fully saturated rings. The predicted octanol–water partition coefficient (Wildman–Crippen LogP) is 2.84. The molecule has 0 aliphatic carbocycles. The number of carbonyl (C=O) groups excluding carboxylic acids is 2. The van der Waals surface area contributed by atoms with E-state index < -0.39 is 18.0 Å². The fourth-order valence-corrected chi connectivity index (χ4v) is 2.70. The van der Waals surface area contributed by atoms with Crippen LogP contribution in [0.3, 0.4) is 0 Å². The normalized spacial score (nSPS) is 11.6. The number of rotatable bonds is 7. The monoisotopic (exact) mass is 398 g/mol. The summed E-state index contributed by atoms with van der Waals surface area (Å²) in [4.78, 5) is 28.3. The highest BCUT2D eigenvalue weighted by atomic mass is 35.5. The van der Waals surface area contributed by atoms with Crippen molar-refractivity contribution in [3.05, 3.63) is 82.9 Å². The highest BCUT2D eigenvalue weighted by Gasteiger charge is 2.19. The van der Waals surface area contributed by atoms with Gasteiger partial charge in [-0.05, 0) is 36.2 Å². The van der Waals surface area contributed by atoms with Gasteiger partial charge in [0.2, 0.25) is 0 Å². The molecule has 0 aliphatic rings. The summed E-state index contributed by atoms with van der Waals surface area (Å²) in [7, 11) is 0. The maximum absolute atomic E-state index is 12.3. The van der Waals surface area contributed by atoms with Crippen LogP contribution in [-0.2, 0) is 22.6 Å². The first-order valence-corrected chi connectivity index (χ1v) is 9.04. The molecule has 144 valence electrons. The third kappa shape index (κ3) is 5.17. The van der Waals surface area contributed by atoms with E-state index in [-0.39, 0.29) is 6.54 Å². The van der Waals surface area contributed by atoms with Gasteiger partial charge in [-0.1, -0.05) is 41.9 Å². The Morgan fingerprint density at radius 1 is 1.18 bits per heavy atom. The fraction of sp³-hybridized carbons (Fsp3) is 0.200. The lowest BCUT2D eigenvalue weighted by atomic mass is 10.1. The van der Waals surface area contributed by atoms with Gasteiger partial charge in [0.25, 0.3) is 5.91 Å². The van der Waals surface area contributed by atoms with Gasteiger partial charge in [-0.15, -0.1) is 0 Å². The van der Waals surface area contributed by atoms with E-state index in [0.29, 0.717) is 17.1 Å². The molecule has 0 saturated carbocycles. The summed E-state index contributed by atoms with van der Waals surface area (Å²) in [6.45, 7) is 2.34. The van der Waals surface area contributed by atoms with E-state index in [1.807, 2.05) is 18.2 Å². The van der Waals surface area contributed by atoms with Crippen LogP contribution in [0.2, 0.25) is 5.02 Å². The smallest absolute Gasteiger partial charge is 0.338 e. The van der Waals surface area contributed by atoms with Crippen molar-refractivity contribution in [2.75, 3.05) is 0 Å². The lowest BCUT2D eigenvalue weighted by Crippen LogP contribution is -2.35. The molecule has 2 aromatic carbocycles. The first kappa shape index (κ1) is 19.6. The highest BCUT2D eigenvalue weighted by Crippen LogP contribution is 2.14. The van der Waals surface area contributed by atoms with Crippen LogP contribution in [0.15, 0.2) is 61.2 Å². The minimum absolute atomic E-state index is 0.261. The summed E-state index contributed by atoms with van der Waals surface area (Å²) in [6.07, 6.45) is 2.15. The second-order valence-corrected chi connectivity index (χ2v) is 6.55. The molecule has 1 unspecified atom stereocenters. The molecule has 0 saturated heterocycles. The Kier molecular flexibility index (Phi) is 6.39. The molecule has 1 N–H and O–H groups in total. The van der Waals surface area contributed by atoms with Gasteiger partial charge in [0, 0.05) is 11.6 Å². The lowest BCUT2D eigenvalue weighted by Gasteiger charge is -2.14. The summed E-state index contributed by atoms with van der Waals surface area (Å²) in [5.41, 5.74) is 2.12. The molecular weight excluding hydrogens is 380 g/mol. The summed E-state index contributed by atoms with van der Waals surface area (Å²) in [5.74, 6) is -0.955. The molecule has 1 atom stereocenters. The van der Waals surface area contributed by atoms with Crippen molar-refractivity contribution >= 4 is 23.5 Å². The zero-order valence-electron chi connectivity index (χ0n) is 15.2. The number of hydrogen-bond donors (Lipinski definition) is 1. The fourth-order valence-electron chi connectivity index (χ4n) is 2.50. The Morgan fingerprint density at radius 2 is 1.93 bits per heavy atom.